The van der Waals surface area contributed by atoms with Crippen LogP contribution in [-0.4, -0.2) is 31.7 Å². The maximum atomic E-state index is 12.9. The number of carbonyl (C=O) groups is 1. The van der Waals surface area contributed by atoms with Crippen molar-refractivity contribution >= 4 is 33.2 Å². The molecular weight excluding hydrogens is 432 g/mol. The van der Waals surface area contributed by atoms with Crippen molar-refractivity contribution in [1.29, 1.82) is 0 Å². The highest BCUT2D eigenvalue weighted by molar-refractivity contribution is 7.89. The summed E-state index contributed by atoms with van der Waals surface area (Å²) in [5.74, 6) is -0.432. The van der Waals surface area contributed by atoms with Gasteiger partial charge < -0.3 is 5.32 Å². The maximum absolute atomic E-state index is 12.9. The van der Waals surface area contributed by atoms with E-state index >= 15 is 0 Å². The zero-order chi connectivity index (χ0) is 21.6. The lowest BCUT2D eigenvalue weighted by Crippen LogP contribution is -2.28. The van der Waals surface area contributed by atoms with Gasteiger partial charge in [-0.05, 0) is 71.8 Å². The highest BCUT2D eigenvalue weighted by Crippen LogP contribution is 2.37. The summed E-state index contributed by atoms with van der Waals surface area (Å²) in [4.78, 5) is 13.0. The van der Waals surface area contributed by atoms with E-state index in [0.29, 0.717) is 18.8 Å². The predicted molar refractivity (Wildman–Crippen MR) is 122 cm³/mol. The molecule has 0 saturated carbocycles. The SMILES string of the molecule is O=C(Nc1ccc2c(c1)Cc1ccccc1-2)c1cc(S(=O)(=O)N2CCCC2)ccc1Cl. The fraction of sp³-hybridized carbons (Fsp3) is 0.208. The first-order chi connectivity index (χ1) is 14.9. The number of hydrogen-bond acceptors (Lipinski definition) is 3. The summed E-state index contributed by atoms with van der Waals surface area (Å²) in [5.41, 5.74) is 5.61. The zero-order valence-corrected chi connectivity index (χ0v) is 18.3. The van der Waals surface area contributed by atoms with Crippen LogP contribution in [0.25, 0.3) is 11.1 Å². The third-order valence-electron chi connectivity index (χ3n) is 5.94. The van der Waals surface area contributed by atoms with Crippen LogP contribution in [0.5, 0.6) is 0 Å². The zero-order valence-electron chi connectivity index (χ0n) is 16.8. The molecule has 3 aromatic rings. The van der Waals surface area contributed by atoms with Gasteiger partial charge in [-0.2, -0.15) is 4.31 Å². The third-order valence-corrected chi connectivity index (χ3v) is 8.16. The molecule has 5 rings (SSSR count). The van der Waals surface area contributed by atoms with Gasteiger partial charge in [-0.1, -0.05) is 41.9 Å². The second-order valence-electron chi connectivity index (χ2n) is 7.91. The molecule has 1 saturated heterocycles. The molecule has 1 amide bonds. The minimum atomic E-state index is -3.63. The third kappa shape index (κ3) is 3.65. The van der Waals surface area contributed by atoms with Crippen molar-refractivity contribution in [3.05, 3.63) is 82.4 Å². The normalized spacial score (nSPS) is 15.5. The number of carbonyl (C=O) groups excluding carboxylic acids is 1. The van der Waals surface area contributed by atoms with Gasteiger partial charge in [0.1, 0.15) is 0 Å². The number of rotatable bonds is 4. The van der Waals surface area contributed by atoms with Crippen LogP contribution in [0.4, 0.5) is 5.69 Å². The average Bonchev–Trinajstić information content (AvgIpc) is 3.42. The second-order valence-corrected chi connectivity index (χ2v) is 10.3. The topological polar surface area (TPSA) is 66.5 Å². The summed E-state index contributed by atoms with van der Waals surface area (Å²) in [6, 6.07) is 18.4. The quantitative estimate of drug-likeness (QED) is 0.476. The number of sulfonamides is 1. The molecule has 3 aromatic carbocycles. The van der Waals surface area contributed by atoms with Crippen LogP contribution < -0.4 is 5.32 Å². The van der Waals surface area contributed by atoms with Crippen LogP contribution in [-0.2, 0) is 16.4 Å². The lowest BCUT2D eigenvalue weighted by molar-refractivity contribution is 0.102. The number of amides is 1. The van der Waals surface area contributed by atoms with Crippen LogP contribution in [0, 0.1) is 0 Å². The average molecular weight is 453 g/mol. The Balaban J connectivity index is 1.41. The molecule has 0 bridgehead atoms. The lowest BCUT2D eigenvalue weighted by atomic mass is 10.1. The smallest absolute Gasteiger partial charge is 0.257 e. The number of hydrogen-bond donors (Lipinski definition) is 1. The Bertz CT molecular complexity index is 1300. The molecular formula is C24H21ClN2O3S. The summed E-state index contributed by atoms with van der Waals surface area (Å²) in [5, 5.41) is 3.09. The fourth-order valence-electron chi connectivity index (χ4n) is 4.34. The minimum absolute atomic E-state index is 0.0911. The Morgan fingerprint density at radius 1 is 0.903 bits per heavy atom. The molecule has 0 spiro atoms. The highest BCUT2D eigenvalue weighted by atomic mass is 35.5. The maximum Gasteiger partial charge on any atom is 0.257 e. The lowest BCUT2D eigenvalue weighted by Gasteiger charge is -2.16. The van der Waals surface area contributed by atoms with Gasteiger partial charge in [-0.25, -0.2) is 8.42 Å². The fourth-order valence-corrected chi connectivity index (χ4v) is 6.08. The van der Waals surface area contributed by atoms with Gasteiger partial charge in [-0.15, -0.1) is 0 Å². The number of nitrogens with zero attached hydrogens (tertiary/aromatic N) is 1. The van der Waals surface area contributed by atoms with E-state index < -0.39 is 15.9 Å². The van der Waals surface area contributed by atoms with E-state index in [9.17, 15) is 13.2 Å². The van der Waals surface area contributed by atoms with Crippen molar-refractivity contribution in [2.75, 3.05) is 18.4 Å². The van der Waals surface area contributed by atoms with Crippen LogP contribution >= 0.6 is 11.6 Å². The molecule has 2 aliphatic rings. The van der Waals surface area contributed by atoms with Crippen LogP contribution in [0.2, 0.25) is 5.02 Å². The van der Waals surface area contributed by atoms with Gasteiger partial charge in [0.15, 0.2) is 0 Å². The van der Waals surface area contributed by atoms with Gasteiger partial charge >= 0.3 is 0 Å². The van der Waals surface area contributed by atoms with Gasteiger partial charge in [-0.3, -0.25) is 4.79 Å². The van der Waals surface area contributed by atoms with Gasteiger partial charge in [0.05, 0.1) is 15.5 Å². The molecule has 5 nitrogen and oxygen atoms in total. The van der Waals surface area contributed by atoms with Crippen molar-refractivity contribution in [3.63, 3.8) is 0 Å². The van der Waals surface area contributed by atoms with Crippen molar-refractivity contribution in [2.45, 2.75) is 24.2 Å². The Kier molecular flexibility index (Phi) is 5.08. The molecule has 1 aliphatic heterocycles. The molecule has 1 fully saturated rings. The van der Waals surface area contributed by atoms with Crippen molar-refractivity contribution in [2.24, 2.45) is 0 Å². The standard InChI is InChI=1S/C24H21ClN2O3S/c25-23-10-8-19(31(29,30)27-11-3-4-12-27)15-22(23)24(28)26-18-7-9-21-17(14-18)13-16-5-1-2-6-20(16)21/h1-2,5-10,14-15H,3-4,11-13H2,(H,26,28). The largest absolute Gasteiger partial charge is 0.322 e. The Morgan fingerprint density at radius 2 is 1.65 bits per heavy atom. The first-order valence-corrected chi connectivity index (χ1v) is 12.1. The summed E-state index contributed by atoms with van der Waals surface area (Å²) < 4.78 is 27.2. The molecule has 31 heavy (non-hydrogen) atoms. The molecule has 1 heterocycles. The van der Waals surface area contributed by atoms with E-state index in [4.69, 9.17) is 11.6 Å². The second kappa shape index (κ2) is 7.79. The molecule has 0 radical (unpaired) electrons. The van der Waals surface area contributed by atoms with Crippen LogP contribution in [0.1, 0.15) is 34.3 Å². The number of benzene rings is 3. The first-order valence-electron chi connectivity index (χ1n) is 10.3. The predicted octanol–water partition coefficient (Wildman–Crippen LogP) is 4.95. The highest BCUT2D eigenvalue weighted by Gasteiger charge is 2.28. The molecule has 7 heteroatoms. The molecule has 1 N–H and O–H groups in total. The van der Waals surface area contributed by atoms with E-state index in [1.54, 1.807) is 0 Å². The Labute approximate surface area is 186 Å². The van der Waals surface area contributed by atoms with Crippen molar-refractivity contribution in [3.8, 4) is 11.1 Å². The summed E-state index contributed by atoms with van der Waals surface area (Å²) in [7, 11) is -3.63. The number of fused-ring (bicyclic) bond motifs is 3. The monoisotopic (exact) mass is 452 g/mol. The van der Waals surface area contributed by atoms with Crippen LogP contribution in [0.15, 0.2) is 65.6 Å². The minimum Gasteiger partial charge on any atom is -0.322 e. The van der Waals surface area contributed by atoms with E-state index in [-0.39, 0.29) is 15.5 Å². The van der Waals surface area contributed by atoms with E-state index in [1.807, 2.05) is 30.3 Å². The van der Waals surface area contributed by atoms with Gasteiger partial charge in [0, 0.05) is 18.8 Å². The van der Waals surface area contributed by atoms with E-state index in [1.165, 1.54) is 39.2 Å². The van der Waals surface area contributed by atoms with E-state index in [2.05, 4.69) is 17.4 Å². The molecule has 0 atom stereocenters. The molecule has 0 aromatic heterocycles. The Morgan fingerprint density at radius 3 is 2.45 bits per heavy atom. The van der Waals surface area contributed by atoms with Crippen LogP contribution in [0.3, 0.4) is 0 Å². The van der Waals surface area contributed by atoms with Gasteiger partial charge in [0.2, 0.25) is 10.0 Å². The molecule has 158 valence electrons. The summed E-state index contributed by atoms with van der Waals surface area (Å²) >= 11 is 6.25. The number of halogens is 1. The van der Waals surface area contributed by atoms with E-state index in [0.717, 1.165) is 24.8 Å². The molecule has 0 unspecified atom stereocenters. The first kappa shape index (κ1) is 20.2. The van der Waals surface area contributed by atoms with Gasteiger partial charge in [0.25, 0.3) is 5.91 Å². The number of nitrogens with one attached hydrogen (secondary N) is 1. The number of anilines is 1. The summed E-state index contributed by atoms with van der Waals surface area (Å²) in [6.07, 6.45) is 2.52. The Hall–Kier alpha value is -2.67. The van der Waals surface area contributed by atoms with Crippen molar-refractivity contribution < 1.29 is 13.2 Å². The molecule has 1 aliphatic carbocycles. The van der Waals surface area contributed by atoms with Crippen molar-refractivity contribution in [1.82, 2.24) is 4.31 Å². The summed E-state index contributed by atoms with van der Waals surface area (Å²) in [6.45, 7) is 1.01.